The molecule has 2 nitrogen and oxygen atoms in total. The number of benzene rings is 1. The van der Waals surface area contributed by atoms with Crippen LogP contribution in [0, 0.1) is 5.92 Å². The maximum absolute atomic E-state index is 11.6. The number of Topliss-reactive ketones (excluding diaryl/α,β-unsaturated/α-hetero) is 1. The van der Waals surface area contributed by atoms with Gasteiger partial charge in [-0.25, -0.2) is 0 Å². The zero-order valence-electron chi connectivity index (χ0n) is 9.82. The first kappa shape index (κ1) is 12.6. The Balaban J connectivity index is 1.77. The maximum atomic E-state index is 11.6. The van der Waals surface area contributed by atoms with Crippen LogP contribution in [-0.4, -0.2) is 12.4 Å². The molecule has 2 rings (SSSR count). The Hall–Kier alpha value is -0.830. The second-order valence-electron chi connectivity index (χ2n) is 4.50. The molecule has 1 aromatic carbocycles. The third kappa shape index (κ3) is 3.84. The van der Waals surface area contributed by atoms with Crippen LogP contribution < -0.4 is 4.74 Å². The van der Waals surface area contributed by atoms with E-state index in [0.29, 0.717) is 12.4 Å². The molecule has 0 amide bonds. The van der Waals surface area contributed by atoms with Crippen molar-refractivity contribution in [2.24, 2.45) is 5.92 Å². The molecule has 1 saturated carbocycles. The van der Waals surface area contributed by atoms with Crippen molar-refractivity contribution >= 4 is 21.7 Å². The molecule has 1 aliphatic rings. The van der Waals surface area contributed by atoms with Crippen molar-refractivity contribution in [3.05, 3.63) is 28.7 Å². The van der Waals surface area contributed by atoms with Gasteiger partial charge in [0.1, 0.15) is 11.5 Å². The minimum Gasteiger partial charge on any atom is -0.494 e. The van der Waals surface area contributed by atoms with Crippen molar-refractivity contribution in [3.63, 3.8) is 0 Å². The molecule has 0 bridgehead atoms. The summed E-state index contributed by atoms with van der Waals surface area (Å²) in [5.74, 6) is 1.52. The van der Waals surface area contributed by atoms with Gasteiger partial charge in [0.25, 0.3) is 0 Å². The summed E-state index contributed by atoms with van der Waals surface area (Å²) in [6, 6.07) is 7.80. The van der Waals surface area contributed by atoms with E-state index < -0.39 is 0 Å². The Morgan fingerprint density at radius 3 is 3.00 bits per heavy atom. The van der Waals surface area contributed by atoms with E-state index in [9.17, 15) is 4.79 Å². The highest BCUT2D eigenvalue weighted by Gasteiger charge is 2.21. The molecule has 0 N–H and O–H groups in total. The number of rotatable bonds is 4. The fourth-order valence-corrected chi connectivity index (χ4v) is 2.61. The van der Waals surface area contributed by atoms with Crippen molar-refractivity contribution in [1.82, 2.24) is 0 Å². The number of hydrogen-bond donors (Lipinski definition) is 0. The molecule has 0 aliphatic heterocycles. The molecule has 1 atom stereocenters. The summed E-state index contributed by atoms with van der Waals surface area (Å²) in [5.41, 5.74) is 0. The van der Waals surface area contributed by atoms with Crippen molar-refractivity contribution in [3.8, 4) is 5.75 Å². The van der Waals surface area contributed by atoms with Gasteiger partial charge in [-0.2, -0.15) is 0 Å². The van der Waals surface area contributed by atoms with Gasteiger partial charge in [-0.05, 0) is 37.5 Å². The normalized spacial score (nSPS) is 20.3. The first-order valence-corrected chi connectivity index (χ1v) is 6.96. The molecule has 1 unspecified atom stereocenters. The third-order valence-electron chi connectivity index (χ3n) is 3.21. The van der Waals surface area contributed by atoms with Gasteiger partial charge in [-0.3, -0.25) is 4.79 Å². The lowest BCUT2D eigenvalue weighted by Crippen LogP contribution is -2.21. The lowest BCUT2D eigenvalue weighted by atomic mass is 9.86. The first-order chi connectivity index (χ1) is 8.25. The standard InChI is InChI=1S/C14H17BrO2/c15-12-5-3-6-13(10-12)17-9-8-11-4-1-2-7-14(11)16/h3,5-6,10-11H,1-2,4,7-9H2. The van der Waals surface area contributed by atoms with Gasteiger partial charge in [-0.15, -0.1) is 0 Å². The summed E-state index contributed by atoms with van der Waals surface area (Å²) in [7, 11) is 0. The molecular weight excluding hydrogens is 280 g/mol. The van der Waals surface area contributed by atoms with Crippen LogP contribution in [0.4, 0.5) is 0 Å². The summed E-state index contributed by atoms with van der Waals surface area (Å²) in [5, 5.41) is 0. The number of halogens is 1. The van der Waals surface area contributed by atoms with Crippen LogP contribution in [0.3, 0.4) is 0 Å². The Bertz CT molecular complexity index is 390. The third-order valence-corrected chi connectivity index (χ3v) is 3.71. The van der Waals surface area contributed by atoms with Crippen LogP contribution in [0.25, 0.3) is 0 Å². The maximum Gasteiger partial charge on any atom is 0.136 e. The van der Waals surface area contributed by atoms with E-state index in [1.54, 1.807) is 0 Å². The van der Waals surface area contributed by atoms with E-state index in [1.807, 2.05) is 24.3 Å². The van der Waals surface area contributed by atoms with E-state index in [1.165, 1.54) is 6.42 Å². The molecule has 3 heteroatoms. The van der Waals surface area contributed by atoms with E-state index in [-0.39, 0.29) is 5.92 Å². The largest absolute Gasteiger partial charge is 0.494 e. The zero-order chi connectivity index (χ0) is 12.1. The smallest absolute Gasteiger partial charge is 0.136 e. The topological polar surface area (TPSA) is 26.3 Å². The van der Waals surface area contributed by atoms with E-state index in [4.69, 9.17) is 4.74 Å². The predicted octanol–water partition coefficient (Wildman–Crippen LogP) is 3.98. The van der Waals surface area contributed by atoms with Gasteiger partial charge < -0.3 is 4.74 Å². The molecule has 17 heavy (non-hydrogen) atoms. The number of hydrogen-bond acceptors (Lipinski definition) is 2. The molecule has 0 saturated heterocycles. The quantitative estimate of drug-likeness (QED) is 0.840. The summed E-state index contributed by atoms with van der Waals surface area (Å²) in [6.45, 7) is 0.632. The van der Waals surface area contributed by atoms with Crippen molar-refractivity contribution in [2.45, 2.75) is 32.1 Å². The average Bonchev–Trinajstić information content (AvgIpc) is 2.32. The fourth-order valence-electron chi connectivity index (χ4n) is 2.24. The van der Waals surface area contributed by atoms with Gasteiger partial charge in [0.05, 0.1) is 6.61 Å². The highest BCUT2D eigenvalue weighted by Crippen LogP contribution is 2.24. The molecule has 92 valence electrons. The van der Waals surface area contributed by atoms with Crippen LogP contribution in [0.5, 0.6) is 5.75 Å². The summed E-state index contributed by atoms with van der Waals surface area (Å²) in [4.78, 5) is 11.6. The molecule has 1 aliphatic carbocycles. The number of ketones is 1. The van der Waals surface area contributed by atoms with Gasteiger partial charge >= 0.3 is 0 Å². The van der Waals surface area contributed by atoms with Crippen LogP contribution >= 0.6 is 15.9 Å². The van der Waals surface area contributed by atoms with E-state index in [2.05, 4.69) is 15.9 Å². The molecular formula is C14H17BrO2. The molecule has 0 radical (unpaired) electrons. The number of carbonyl (C=O) groups excluding carboxylic acids is 1. The van der Waals surface area contributed by atoms with Gasteiger partial charge in [0, 0.05) is 16.8 Å². The molecule has 1 fully saturated rings. The Morgan fingerprint density at radius 1 is 1.35 bits per heavy atom. The Labute approximate surface area is 110 Å². The first-order valence-electron chi connectivity index (χ1n) is 6.17. The number of carbonyl (C=O) groups is 1. The van der Waals surface area contributed by atoms with Gasteiger partial charge in [0.15, 0.2) is 0 Å². The number of ether oxygens (including phenoxy) is 1. The highest BCUT2D eigenvalue weighted by molar-refractivity contribution is 9.10. The molecule has 0 spiro atoms. The van der Waals surface area contributed by atoms with E-state index in [0.717, 1.165) is 35.9 Å². The summed E-state index contributed by atoms with van der Waals surface area (Å²) < 4.78 is 6.67. The predicted molar refractivity (Wildman–Crippen MR) is 71.2 cm³/mol. The van der Waals surface area contributed by atoms with Crippen molar-refractivity contribution < 1.29 is 9.53 Å². The van der Waals surface area contributed by atoms with Crippen LogP contribution in [-0.2, 0) is 4.79 Å². The van der Waals surface area contributed by atoms with Crippen molar-refractivity contribution in [2.75, 3.05) is 6.61 Å². The molecule has 1 aromatic rings. The summed E-state index contributed by atoms with van der Waals surface area (Å²) in [6.07, 6.45) is 4.92. The lowest BCUT2D eigenvalue weighted by molar-refractivity contribution is -0.125. The van der Waals surface area contributed by atoms with Crippen molar-refractivity contribution in [1.29, 1.82) is 0 Å². The molecule has 0 heterocycles. The SMILES string of the molecule is O=C1CCCCC1CCOc1cccc(Br)c1. The second kappa shape index (κ2) is 6.20. The summed E-state index contributed by atoms with van der Waals surface area (Å²) >= 11 is 3.41. The highest BCUT2D eigenvalue weighted by atomic mass is 79.9. The Morgan fingerprint density at radius 2 is 2.24 bits per heavy atom. The Kier molecular flexibility index (Phi) is 4.60. The monoisotopic (exact) mass is 296 g/mol. The minimum absolute atomic E-state index is 0.232. The zero-order valence-corrected chi connectivity index (χ0v) is 11.4. The van der Waals surface area contributed by atoms with Crippen LogP contribution in [0.15, 0.2) is 28.7 Å². The van der Waals surface area contributed by atoms with E-state index >= 15 is 0 Å². The average molecular weight is 297 g/mol. The minimum atomic E-state index is 0.232. The van der Waals surface area contributed by atoms with Crippen LogP contribution in [0.1, 0.15) is 32.1 Å². The van der Waals surface area contributed by atoms with Gasteiger partial charge in [-0.1, -0.05) is 28.4 Å². The second-order valence-corrected chi connectivity index (χ2v) is 5.42. The fraction of sp³-hybridized carbons (Fsp3) is 0.500. The van der Waals surface area contributed by atoms with Crippen LogP contribution in [0.2, 0.25) is 0 Å². The lowest BCUT2D eigenvalue weighted by Gasteiger charge is -2.20. The van der Waals surface area contributed by atoms with Gasteiger partial charge in [0.2, 0.25) is 0 Å². The molecule has 0 aromatic heterocycles.